The maximum absolute atomic E-state index is 9.73. The van der Waals surface area contributed by atoms with E-state index in [1.165, 1.54) is 0 Å². The van der Waals surface area contributed by atoms with Gasteiger partial charge in [-0.1, -0.05) is 0 Å². The first-order valence-electron chi connectivity index (χ1n) is 6.81. The van der Waals surface area contributed by atoms with Crippen LogP contribution in [0.25, 0.3) is 0 Å². The summed E-state index contributed by atoms with van der Waals surface area (Å²) >= 11 is 1.78. The lowest BCUT2D eigenvalue weighted by Crippen LogP contribution is -2.59. The Labute approximate surface area is 123 Å². The molecule has 1 fully saturated rings. The lowest BCUT2D eigenvalue weighted by Gasteiger charge is -2.39. The van der Waals surface area contributed by atoms with Crippen LogP contribution in [-0.2, 0) is 9.47 Å². The van der Waals surface area contributed by atoms with Crippen LogP contribution in [0.1, 0.15) is 12.8 Å². The van der Waals surface area contributed by atoms with E-state index in [-0.39, 0.29) is 0 Å². The van der Waals surface area contributed by atoms with E-state index in [4.69, 9.17) is 20.3 Å². The minimum absolute atomic E-state index is 0.373. The molecule has 0 radical (unpaired) electrons. The van der Waals surface area contributed by atoms with Gasteiger partial charge in [0.25, 0.3) is 0 Å². The van der Waals surface area contributed by atoms with Gasteiger partial charge in [-0.15, -0.1) is 0 Å². The van der Waals surface area contributed by atoms with E-state index in [9.17, 15) is 15.3 Å². The topological polar surface area (TPSA) is 125 Å². The maximum Gasteiger partial charge on any atom is 0.186 e. The summed E-state index contributed by atoms with van der Waals surface area (Å²) in [6.45, 7) is 0.617. The molecule has 0 spiro atoms. The molecular weight excluding hydrogens is 286 g/mol. The predicted molar refractivity (Wildman–Crippen MR) is 75.3 cm³/mol. The van der Waals surface area contributed by atoms with Crippen molar-refractivity contribution >= 4 is 11.8 Å². The van der Waals surface area contributed by atoms with Gasteiger partial charge in [-0.3, -0.25) is 0 Å². The molecule has 1 aliphatic rings. The van der Waals surface area contributed by atoms with Gasteiger partial charge < -0.3 is 35.6 Å². The van der Waals surface area contributed by atoms with E-state index in [2.05, 4.69) is 0 Å². The van der Waals surface area contributed by atoms with Crippen LogP contribution in [0.3, 0.4) is 0 Å². The summed E-state index contributed by atoms with van der Waals surface area (Å²) in [5, 5.41) is 37.9. The Hall–Kier alpha value is 0.0700. The SMILES string of the molecule is NCCCSCCCO[C@H]1O[C@H](CO)[C@@H](O)[C@H](O)[C@@H]1O. The van der Waals surface area contributed by atoms with Crippen molar-refractivity contribution in [1.82, 2.24) is 0 Å². The van der Waals surface area contributed by atoms with E-state index in [0.717, 1.165) is 24.3 Å². The zero-order valence-corrected chi connectivity index (χ0v) is 12.2. The monoisotopic (exact) mass is 311 g/mol. The zero-order chi connectivity index (χ0) is 15.0. The fourth-order valence-electron chi connectivity index (χ4n) is 1.85. The molecule has 0 bridgehead atoms. The minimum Gasteiger partial charge on any atom is -0.394 e. The van der Waals surface area contributed by atoms with E-state index in [1.807, 2.05) is 0 Å². The van der Waals surface area contributed by atoms with Crippen molar-refractivity contribution in [1.29, 1.82) is 0 Å². The van der Waals surface area contributed by atoms with Crippen molar-refractivity contribution < 1.29 is 29.9 Å². The lowest BCUT2D eigenvalue weighted by atomic mass is 9.99. The molecule has 0 aliphatic carbocycles. The van der Waals surface area contributed by atoms with Gasteiger partial charge in [0.2, 0.25) is 0 Å². The molecule has 0 amide bonds. The maximum atomic E-state index is 9.73. The first kappa shape index (κ1) is 18.1. The smallest absolute Gasteiger partial charge is 0.186 e. The standard InChI is InChI=1S/C12H25NO6S/c13-3-1-5-20-6-2-4-18-12-11(17)10(16)9(15)8(7-14)19-12/h8-12,14-17H,1-7,13H2/t8-,9-,10+,11+,12+/m1/s1. The van der Waals surface area contributed by atoms with Crippen molar-refractivity contribution in [2.24, 2.45) is 5.73 Å². The number of hydrogen-bond acceptors (Lipinski definition) is 8. The number of aliphatic hydroxyl groups excluding tert-OH is 4. The number of hydrogen-bond donors (Lipinski definition) is 5. The number of ether oxygens (including phenoxy) is 2. The highest BCUT2D eigenvalue weighted by Gasteiger charge is 2.43. The number of aliphatic hydroxyl groups is 4. The van der Waals surface area contributed by atoms with Crippen LogP contribution < -0.4 is 5.73 Å². The molecule has 0 aromatic carbocycles. The van der Waals surface area contributed by atoms with Crippen molar-refractivity contribution in [2.75, 3.05) is 31.3 Å². The number of rotatable bonds is 9. The molecule has 1 aliphatic heterocycles. The Balaban J connectivity index is 2.21. The van der Waals surface area contributed by atoms with Gasteiger partial charge in [0.15, 0.2) is 6.29 Å². The third-order valence-corrected chi connectivity index (χ3v) is 4.21. The summed E-state index contributed by atoms with van der Waals surface area (Å²) in [5.41, 5.74) is 5.39. The lowest BCUT2D eigenvalue weighted by molar-refractivity contribution is -0.300. The molecule has 20 heavy (non-hydrogen) atoms. The molecule has 120 valence electrons. The second kappa shape index (κ2) is 9.91. The summed E-state index contributed by atoms with van der Waals surface area (Å²) in [4.78, 5) is 0. The second-order valence-corrected chi connectivity index (χ2v) is 5.90. The third-order valence-electron chi connectivity index (χ3n) is 3.06. The molecule has 5 atom stereocenters. The minimum atomic E-state index is -1.38. The third kappa shape index (κ3) is 5.45. The summed E-state index contributed by atoms with van der Waals surface area (Å²) in [5.74, 6) is 1.92. The fourth-order valence-corrected chi connectivity index (χ4v) is 2.75. The Morgan fingerprint density at radius 1 is 1.05 bits per heavy atom. The number of thioether (sulfide) groups is 1. The highest BCUT2D eigenvalue weighted by molar-refractivity contribution is 7.99. The van der Waals surface area contributed by atoms with Crippen molar-refractivity contribution in [3.8, 4) is 0 Å². The average Bonchev–Trinajstić information content (AvgIpc) is 2.46. The quantitative estimate of drug-likeness (QED) is 0.318. The molecular formula is C12H25NO6S. The molecule has 1 heterocycles. The molecule has 7 nitrogen and oxygen atoms in total. The molecule has 1 saturated heterocycles. The highest BCUT2D eigenvalue weighted by atomic mass is 32.2. The van der Waals surface area contributed by atoms with Crippen LogP contribution in [0.4, 0.5) is 0 Å². The van der Waals surface area contributed by atoms with Gasteiger partial charge >= 0.3 is 0 Å². The molecule has 0 saturated carbocycles. The van der Waals surface area contributed by atoms with Crippen LogP contribution in [0.5, 0.6) is 0 Å². The fraction of sp³-hybridized carbons (Fsp3) is 1.00. The van der Waals surface area contributed by atoms with Crippen LogP contribution in [0.2, 0.25) is 0 Å². The van der Waals surface area contributed by atoms with Crippen molar-refractivity contribution in [3.63, 3.8) is 0 Å². The van der Waals surface area contributed by atoms with Crippen LogP contribution in [0, 0.1) is 0 Å². The molecule has 6 N–H and O–H groups in total. The van der Waals surface area contributed by atoms with E-state index < -0.39 is 37.3 Å². The molecule has 0 aromatic rings. The van der Waals surface area contributed by atoms with Crippen LogP contribution >= 0.6 is 11.8 Å². The van der Waals surface area contributed by atoms with Crippen LogP contribution in [0.15, 0.2) is 0 Å². The van der Waals surface area contributed by atoms with Gasteiger partial charge in [0.05, 0.1) is 13.2 Å². The number of nitrogens with two attached hydrogens (primary N) is 1. The van der Waals surface area contributed by atoms with Gasteiger partial charge in [-0.05, 0) is 30.9 Å². The zero-order valence-electron chi connectivity index (χ0n) is 11.4. The first-order chi connectivity index (χ1) is 9.61. The summed E-state index contributed by atoms with van der Waals surface area (Å²) in [7, 11) is 0. The Morgan fingerprint density at radius 3 is 2.40 bits per heavy atom. The van der Waals surface area contributed by atoms with E-state index >= 15 is 0 Å². The second-order valence-electron chi connectivity index (χ2n) is 4.68. The molecule has 1 rings (SSSR count). The van der Waals surface area contributed by atoms with E-state index in [0.29, 0.717) is 13.2 Å². The molecule has 0 unspecified atom stereocenters. The normalized spacial score (nSPS) is 34.4. The predicted octanol–water partition coefficient (Wildman–Crippen LogP) is -1.72. The van der Waals surface area contributed by atoms with Gasteiger partial charge in [0.1, 0.15) is 24.4 Å². The van der Waals surface area contributed by atoms with Gasteiger partial charge in [-0.2, -0.15) is 11.8 Å². The van der Waals surface area contributed by atoms with Crippen LogP contribution in [-0.4, -0.2) is 82.4 Å². The van der Waals surface area contributed by atoms with Gasteiger partial charge in [0, 0.05) is 0 Å². The van der Waals surface area contributed by atoms with Crippen molar-refractivity contribution in [3.05, 3.63) is 0 Å². The van der Waals surface area contributed by atoms with Crippen molar-refractivity contribution in [2.45, 2.75) is 43.5 Å². The first-order valence-corrected chi connectivity index (χ1v) is 7.97. The Kier molecular flexibility index (Phi) is 8.98. The summed E-state index contributed by atoms with van der Waals surface area (Å²) in [6, 6.07) is 0. The Bertz CT molecular complexity index is 258. The highest BCUT2D eigenvalue weighted by Crippen LogP contribution is 2.22. The van der Waals surface area contributed by atoms with Gasteiger partial charge in [-0.25, -0.2) is 0 Å². The molecule has 8 heteroatoms. The Morgan fingerprint density at radius 2 is 1.75 bits per heavy atom. The largest absolute Gasteiger partial charge is 0.394 e. The molecule has 0 aromatic heterocycles. The average molecular weight is 311 g/mol. The van der Waals surface area contributed by atoms with E-state index in [1.54, 1.807) is 11.8 Å². The summed E-state index contributed by atoms with van der Waals surface area (Å²) in [6.07, 6.45) is -4.23. The summed E-state index contributed by atoms with van der Waals surface area (Å²) < 4.78 is 10.6.